The summed E-state index contributed by atoms with van der Waals surface area (Å²) in [6.45, 7) is 3.70. The summed E-state index contributed by atoms with van der Waals surface area (Å²) in [6.07, 6.45) is 6.03. The smallest absolute Gasteiger partial charge is 0.354 e. The van der Waals surface area contributed by atoms with Gasteiger partial charge >= 0.3 is 5.97 Å². The minimum absolute atomic E-state index is 0.0759. The molecule has 142 valence electrons. The van der Waals surface area contributed by atoms with Gasteiger partial charge in [-0.1, -0.05) is 12.8 Å². The van der Waals surface area contributed by atoms with Crippen LogP contribution in [0.1, 0.15) is 70.6 Å². The molecular weight excluding hydrogens is 332 g/mol. The summed E-state index contributed by atoms with van der Waals surface area (Å²) >= 11 is 0. The Labute approximate surface area is 154 Å². The van der Waals surface area contributed by atoms with Crippen LogP contribution in [-0.2, 0) is 16.6 Å². The first-order chi connectivity index (χ1) is 12.4. The van der Waals surface area contributed by atoms with Crippen LogP contribution in [0.4, 0.5) is 0 Å². The summed E-state index contributed by atoms with van der Waals surface area (Å²) in [5, 5.41) is 0. The molecule has 0 spiro atoms. The Hall–Kier alpha value is -2.11. The lowest BCUT2D eigenvalue weighted by molar-refractivity contribution is -0.135. The highest BCUT2D eigenvalue weighted by Gasteiger charge is 2.38. The summed E-state index contributed by atoms with van der Waals surface area (Å²) in [4.78, 5) is 39.8. The number of Topliss-reactive ketones (excluding diaryl/α,β-unsaturated/α-hetero) is 1. The Balaban J connectivity index is 1.84. The lowest BCUT2D eigenvalue weighted by Crippen LogP contribution is -2.40. The minimum atomic E-state index is -0.451. The van der Waals surface area contributed by atoms with E-state index in [2.05, 4.69) is 0 Å². The van der Waals surface area contributed by atoms with Gasteiger partial charge in [-0.2, -0.15) is 0 Å². The van der Waals surface area contributed by atoms with Gasteiger partial charge in [0, 0.05) is 30.3 Å². The summed E-state index contributed by atoms with van der Waals surface area (Å²) in [5.74, 6) is -0.331. The second-order valence-electron chi connectivity index (χ2n) is 7.59. The van der Waals surface area contributed by atoms with E-state index in [1.807, 2.05) is 6.92 Å². The van der Waals surface area contributed by atoms with E-state index in [0.717, 1.165) is 44.2 Å². The number of methoxy groups -OCH3 is 1. The molecule has 0 aliphatic heterocycles. The van der Waals surface area contributed by atoms with E-state index in [4.69, 9.17) is 4.74 Å². The molecule has 26 heavy (non-hydrogen) atoms. The number of esters is 1. The van der Waals surface area contributed by atoms with Gasteiger partial charge in [-0.3, -0.25) is 9.59 Å². The van der Waals surface area contributed by atoms with Crippen LogP contribution in [0.25, 0.3) is 0 Å². The number of ether oxygens (including phenoxy) is 1. The van der Waals surface area contributed by atoms with Gasteiger partial charge in [-0.05, 0) is 45.1 Å². The Morgan fingerprint density at radius 2 is 1.73 bits per heavy atom. The molecule has 2 aliphatic rings. The molecule has 1 heterocycles. The van der Waals surface area contributed by atoms with Crippen LogP contribution in [0.2, 0.25) is 0 Å². The van der Waals surface area contributed by atoms with Crippen molar-refractivity contribution in [3.63, 3.8) is 0 Å². The van der Waals surface area contributed by atoms with Crippen LogP contribution in [0, 0.1) is 19.8 Å². The summed E-state index contributed by atoms with van der Waals surface area (Å²) in [6, 6.07) is 0.205. The number of hydrogen-bond acceptors (Lipinski definition) is 4. The van der Waals surface area contributed by atoms with Gasteiger partial charge in [-0.15, -0.1) is 0 Å². The summed E-state index contributed by atoms with van der Waals surface area (Å²) < 4.78 is 6.55. The van der Waals surface area contributed by atoms with Crippen LogP contribution in [0.3, 0.4) is 0 Å². The van der Waals surface area contributed by atoms with E-state index in [1.165, 1.54) is 7.11 Å². The Kier molecular flexibility index (Phi) is 5.21. The first-order valence-electron chi connectivity index (χ1n) is 9.44. The normalized spacial score (nSPS) is 17.4. The predicted octanol–water partition coefficient (Wildman–Crippen LogP) is 2.79. The van der Waals surface area contributed by atoms with Gasteiger partial charge in [-0.25, -0.2) is 4.79 Å². The zero-order valence-corrected chi connectivity index (χ0v) is 16.1. The van der Waals surface area contributed by atoms with Crippen molar-refractivity contribution in [3.05, 3.63) is 22.5 Å². The first-order valence-corrected chi connectivity index (χ1v) is 9.44. The average molecular weight is 360 g/mol. The van der Waals surface area contributed by atoms with Gasteiger partial charge in [0.05, 0.1) is 13.7 Å². The van der Waals surface area contributed by atoms with E-state index in [9.17, 15) is 14.4 Å². The fourth-order valence-electron chi connectivity index (χ4n) is 4.19. The monoisotopic (exact) mass is 360 g/mol. The number of nitrogens with zero attached hydrogens (tertiary/aromatic N) is 2. The molecule has 2 saturated carbocycles. The van der Waals surface area contributed by atoms with Gasteiger partial charge in [0.25, 0.3) is 0 Å². The van der Waals surface area contributed by atoms with Crippen molar-refractivity contribution in [3.8, 4) is 0 Å². The van der Waals surface area contributed by atoms with Crippen LogP contribution in [0.5, 0.6) is 0 Å². The Morgan fingerprint density at radius 3 is 2.27 bits per heavy atom. The standard InChI is InChI=1S/C20H28N2O4/c1-12-17(13(2)21(3)18(12)20(25)26-4)16(23)11-22(15-9-10-15)19(24)14-7-5-6-8-14/h14-15H,5-11H2,1-4H3. The minimum Gasteiger partial charge on any atom is -0.464 e. The average Bonchev–Trinajstić information content (AvgIpc) is 3.25. The molecule has 1 aromatic rings. The Bertz CT molecular complexity index is 739. The maximum absolute atomic E-state index is 13.1. The number of aromatic nitrogens is 1. The number of hydrogen-bond donors (Lipinski definition) is 0. The Morgan fingerprint density at radius 1 is 1.12 bits per heavy atom. The molecular formula is C20H28N2O4. The van der Waals surface area contributed by atoms with E-state index in [1.54, 1.807) is 23.4 Å². The highest BCUT2D eigenvalue weighted by Crippen LogP contribution is 2.33. The van der Waals surface area contributed by atoms with Gasteiger partial charge in [0.15, 0.2) is 5.78 Å². The number of carbonyl (C=O) groups excluding carboxylic acids is 3. The van der Waals surface area contributed by atoms with E-state index >= 15 is 0 Å². The molecule has 0 radical (unpaired) electrons. The molecule has 1 aromatic heterocycles. The van der Waals surface area contributed by atoms with Gasteiger partial charge in [0.2, 0.25) is 5.91 Å². The van der Waals surface area contributed by atoms with Crippen molar-refractivity contribution >= 4 is 17.7 Å². The summed E-state index contributed by atoms with van der Waals surface area (Å²) in [5.41, 5.74) is 2.30. The quantitative estimate of drug-likeness (QED) is 0.578. The molecule has 0 atom stereocenters. The van der Waals surface area contributed by atoms with Crippen LogP contribution < -0.4 is 0 Å². The molecule has 2 fully saturated rings. The van der Waals surface area contributed by atoms with Crippen molar-refractivity contribution < 1.29 is 19.1 Å². The third kappa shape index (κ3) is 3.29. The highest BCUT2D eigenvalue weighted by molar-refractivity contribution is 6.04. The maximum atomic E-state index is 13.1. The van der Waals surface area contributed by atoms with E-state index in [-0.39, 0.29) is 30.2 Å². The SMILES string of the molecule is COC(=O)c1c(C)c(C(=O)CN(C(=O)C2CCCC2)C2CC2)c(C)n1C. The van der Waals surface area contributed by atoms with Gasteiger partial charge < -0.3 is 14.2 Å². The largest absolute Gasteiger partial charge is 0.464 e. The number of ketones is 1. The van der Waals surface area contributed by atoms with Crippen LogP contribution in [0.15, 0.2) is 0 Å². The number of amides is 1. The highest BCUT2D eigenvalue weighted by atomic mass is 16.5. The molecule has 0 N–H and O–H groups in total. The molecule has 2 aliphatic carbocycles. The second kappa shape index (κ2) is 7.25. The zero-order valence-electron chi connectivity index (χ0n) is 16.1. The summed E-state index contributed by atoms with van der Waals surface area (Å²) in [7, 11) is 3.09. The molecule has 0 saturated heterocycles. The van der Waals surface area contributed by atoms with Crippen molar-refractivity contribution in [1.29, 1.82) is 0 Å². The zero-order chi connectivity index (χ0) is 19.0. The van der Waals surface area contributed by atoms with Crippen LogP contribution >= 0.6 is 0 Å². The predicted molar refractivity (Wildman–Crippen MR) is 97.3 cm³/mol. The van der Waals surface area contributed by atoms with Crippen LogP contribution in [-0.4, -0.2) is 46.8 Å². The molecule has 1 amide bonds. The van der Waals surface area contributed by atoms with Crippen molar-refractivity contribution in [1.82, 2.24) is 9.47 Å². The lowest BCUT2D eigenvalue weighted by Gasteiger charge is -2.25. The van der Waals surface area contributed by atoms with Crippen molar-refractivity contribution in [2.24, 2.45) is 13.0 Å². The number of rotatable bonds is 6. The third-order valence-corrected chi connectivity index (χ3v) is 5.88. The molecule has 0 bridgehead atoms. The maximum Gasteiger partial charge on any atom is 0.354 e. The molecule has 0 unspecified atom stereocenters. The fourth-order valence-corrected chi connectivity index (χ4v) is 4.19. The topological polar surface area (TPSA) is 68.6 Å². The molecule has 0 aromatic carbocycles. The van der Waals surface area contributed by atoms with E-state index < -0.39 is 5.97 Å². The first kappa shape index (κ1) is 18.7. The molecule has 6 heteroatoms. The fraction of sp³-hybridized carbons (Fsp3) is 0.650. The number of carbonyl (C=O) groups is 3. The third-order valence-electron chi connectivity index (χ3n) is 5.88. The lowest BCUT2D eigenvalue weighted by atomic mass is 10.0. The molecule has 3 rings (SSSR count). The molecule has 6 nitrogen and oxygen atoms in total. The van der Waals surface area contributed by atoms with Gasteiger partial charge in [0.1, 0.15) is 5.69 Å². The second-order valence-corrected chi connectivity index (χ2v) is 7.59. The van der Waals surface area contributed by atoms with E-state index in [0.29, 0.717) is 16.8 Å². The van der Waals surface area contributed by atoms with Crippen molar-refractivity contribution in [2.75, 3.05) is 13.7 Å². The van der Waals surface area contributed by atoms with Crippen molar-refractivity contribution in [2.45, 2.75) is 58.4 Å².